The summed E-state index contributed by atoms with van der Waals surface area (Å²) in [5, 5.41) is 0. The van der Waals surface area contributed by atoms with E-state index in [-0.39, 0.29) is 18.4 Å². The summed E-state index contributed by atoms with van der Waals surface area (Å²) in [7, 11) is 2.03. The predicted molar refractivity (Wildman–Crippen MR) is 77.5 cm³/mol. The van der Waals surface area contributed by atoms with Gasteiger partial charge in [-0.25, -0.2) is 0 Å². The molecule has 19 heavy (non-hydrogen) atoms. The molecule has 0 saturated carbocycles. The van der Waals surface area contributed by atoms with Crippen molar-refractivity contribution in [1.29, 1.82) is 0 Å². The molecule has 0 N–H and O–H groups in total. The average Bonchev–Trinajstić information content (AvgIpc) is 2.71. The Bertz CT molecular complexity index is 507. The molecule has 0 heterocycles. The van der Waals surface area contributed by atoms with Gasteiger partial charge in [-0.05, 0) is 43.1 Å². The molecule has 0 spiro atoms. The van der Waals surface area contributed by atoms with Crippen LogP contribution in [0.1, 0.15) is 30.5 Å². The number of carbonyl (C=O) groups excluding carboxylic acids is 1. The quantitative estimate of drug-likeness (QED) is 0.484. The Morgan fingerprint density at radius 2 is 2.32 bits per heavy atom. The van der Waals surface area contributed by atoms with Crippen LogP contribution in [0.4, 0.5) is 0 Å². The van der Waals surface area contributed by atoms with E-state index < -0.39 is 0 Å². The van der Waals surface area contributed by atoms with Crippen LogP contribution in [0.2, 0.25) is 0 Å². The molecule has 2 rings (SSSR count). The third-order valence-corrected chi connectivity index (χ3v) is 3.30. The van der Waals surface area contributed by atoms with E-state index in [1.165, 1.54) is 18.1 Å². The Morgan fingerprint density at radius 3 is 2.95 bits per heavy atom. The number of esters is 1. The van der Waals surface area contributed by atoms with Crippen LogP contribution in [0.3, 0.4) is 0 Å². The summed E-state index contributed by atoms with van der Waals surface area (Å²) in [4.78, 5) is 13.1. The number of nitrogens with zero attached hydrogens (tertiary/aromatic N) is 1. The van der Waals surface area contributed by atoms with Crippen molar-refractivity contribution in [2.24, 2.45) is 0 Å². The van der Waals surface area contributed by atoms with Gasteiger partial charge in [0, 0.05) is 13.0 Å². The highest BCUT2D eigenvalue weighted by Gasteiger charge is 2.26. The number of hydrogen-bond donors (Lipinski definition) is 0. The van der Waals surface area contributed by atoms with E-state index in [4.69, 9.17) is 11.2 Å². The van der Waals surface area contributed by atoms with Gasteiger partial charge in [-0.1, -0.05) is 12.0 Å². The number of ether oxygens (including phenoxy) is 1. The van der Waals surface area contributed by atoms with Gasteiger partial charge in [0.25, 0.3) is 0 Å². The lowest BCUT2D eigenvalue weighted by Crippen LogP contribution is -2.23. The zero-order chi connectivity index (χ0) is 13.1. The Hall–Kier alpha value is -1.50. The number of carbonyl (C=O) groups is 1. The summed E-state index contributed by atoms with van der Waals surface area (Å²) in [6.07, 6.45) is 7.47. The number of aryl methyl sites for hydroxylation is 1. The lowest BCUT2D eigenvalue weighted by molar-refractivity contribution is -0.131. The van der Waals surface area contributed by atoms with Crippen LogP contribution < -0.4 is 4.74 Å². The smallest absolute Gasteiger partial charge is 0.308 e. The van der Waals surface area contributed by atoms with Gasteiger partial charge in [-0.3, -0.25) is 9.69 Å². The van der Waals surface area contributed by atoms with Crippen molar-refractivity contribution in [1.82, 2.24) is 4.90 Å². The maximum atomic E-state index is 11.0. The van der Waals surface area contributed by atoms with Gasteiger partial charge in [-0.15, -0.1) is 18.8 Å². The average molecular weight is 280 g/mol. The van der Waals surface area contributed by atoms with Gasteiger partial charge in [-0.2, -0.15) is 0 Å². The number of terminal acetylenes is 1. The molecule has 1 aromatic carbocycles. The van der Waals surface area contributed by atoms with Crippen molar-refractivity contribution in [2.45, 2.75) is 25.8 Å². The fourth-order valence-corrected chi connectivity index (χ4v) is 2.50. The SMILES string of the molecule is C#CCN(C)[C@@H]1CCc2ccc(OC(C)=O)cc21.Cl. The second-order valence-corrected chi connectivity index (χ2v) is 4.63. The first-order valence-corrected chi connectivity index (χ1v) is 6.06. The molecular weight excluding hydrogens is 262 g/mol. The van der Waals surface area contributed by atoms with Crippen LogP contribution >= 0.6 is 12.4 Å². The minimum Gasteiger partial charge on any atom is -0.427 e. The van der Waals surface area contributed by atoms with Crippen LogP contribution in [-0.4, -0.2) is 24.5 Å². The maximum absolute atomic E-state index is 11.0. The van der Waals surface area contributed by atoms with E-state index in [9.17, 15) is 4.79 Å². The molecule has 4 heteroatoms. The van der Waals surface area contributed by atoms with E-state index >= 15 is 0 Å². The molecule has 0 aliphatic heterocycles. The Morgan fingerprint density at radius 1 is 1.58 bits per heavy atom. The minimum atomic E-state index is -0.290. The molecule has 0 bridgehead atoms. The summed E-state index contributed by atoms with van der Waals surface area (Å²) in [5.41, 5.74) is 2.55. The van der Waals surface area contributed by atoms with Gasteiger partial charge < -0.3 is 4.74 Å². The third kappa shape index (κ3) is 3.50. The zero-order valence-corrected chi connectivity index (χ0v) is 12.0. The standard InChI is InChI=1S/C15H17NO2.ClH/c1-4-9-16(3)15-8-6-12-5-7-13(10-14(12)15)18-11(2)17;/h1,5,7,10,15H,6,8-9H2,2-3H3;1H/t15-;/m1./s1. The molecule has 0 radical (unpaired) electrons. The van der Waals surface area contributed by atoms with E-state index in [0.717, 1.165) is 12.8 Å². The van der Waals surface area contributed by atoms with Crippen molar-refractivity contribution >= 4 is 18.4 Å². The Labute approximate surface area is 120 Å². The third-order valence-electron chi connectivity index (χ3n) is 3.30. The second-order valence-electron chi connectivity index (χ2n) is 4.63. The van der Waals surface area contributed by atoms with Crippen LogP contribution in [0.5, 0.6) is 5.75 Å². The normalized spacial score (nSPS) is 16.4. The lowest BCUT2D eigenvalue weighted by atomic mass is 10.1. The van der Waals surface area contributed by atoms with Gasteiger partial charge in [0.1, 0.15) is 5.75 Å². The summed E-state index contributed by atoms with van der Waals surface area (Å²) in [5.74, 6) is 2.99. The molecule has 0 unspecified atom stereocenters. The lowest BCUT2D eigenvalue weighted by Gasteiger charge is -2.23. The first-order chi connectivity index (χ1) is 8.61. The number of hydrogen-bond acceptors (Lipinski definition) is 3. The van der Waals surface area contributed by atoms with Gasteiger partial charge in [0.15, 0.2) is 0 Å². The Balaban J connectivity index is 0.00000180. The van der Waals surface area contributed by atoms with Crippen molar-refractivity contribution in [3.63, 3.8) is 0 Å². The van der Waals surface area contributed by atoms with Gasteiger partial charge >= 0.3 is 5.97 Å². The van der Waals surface area contributed by atoms with E-state index in [0.29, 0.717) is 18.3 Å². The maximum Gasteiger partial charge on any atom is 0.308 e. The molecule has 1 aromatic rings. The van der Waals surface area contributed by atoms with Crippen LogP contribution in [0, 0.1) is 12.3 Å². The summed E-state index contributed by atoms with van der Waals surface area (Å²) < 4.78 is 5.13. The molecular formula is C15H18ClNO2. The molecule has 0 fully saturated rings. The minimum absolute atomic E-state index is 0. The number of rotatable bonds is 3. The van der Waals surface area contributed by atoms with Gasteiger partial charge in [0.05, 0.1) is 6.54 Å². The molecule has 0 saturated heterocycles. The van der Waals surface area contributed by atoms with Gasteiger partial charge in [0.2, 0.25) is 0 Å². The second kappa shape index (κ2) is 6.60. The first-order valence-electron chi connectivity index (χ1n) is 6.06. The molecule has 1 aliphatic carbocycles. The van der Waals surface area contributed by atoms with Crippen LogP contribution in [0.15, 0.2) is 18.2 Å². The summed E-state index contributed by atoms with van der Waals surface area (Å²) in [6, 6.07) is 6.18. The highest BCUT2D eigenvalue weighted by Crippen LogP contribution is 2.36. The van der Waals surface area contributed by atoms with E-state index in [1.54, 1.807) is 0 Å². The predicted octanol–water partition coefficient (Wildman–Crippen LogP) is 2.59. The van der Waals surface area contributed by atoms with Crippen molar-refractivity contribution in [3.05, 3.63) is 29.3 Å². The monoisotopic (exact) mass is 279 g/mol. The number of benzene rings is 1. The number of halogens is 1. The molecule has 3 nitrogen and oxygen atoms in total. The molecule has 0 aromatic heterocycles. The fourth-order valence-electron chi connectivity index (χ4n) is 2.50. The Kier molecular flexibility index (Phi) is 5.41. The van der Waals surface area contributed by atoms with E-state index in [1.807, 2.05) is 25.2 Å². The summed E-state index contributed by atoms with van der Waals surface area (Å²) >= 11 is 0. The molecule has 1 aliphatic rings. The summed E-state index contributed by atoms with van der Waals surface area (Å²) in [6.45, 7) is 2.04. The molecule has 1 atom stereocenters. The number of fused-ring (bicyclic) bond motifs is 1. The highest BCUT2D eigenvalue weighted by molar-refractivity contribution is 5.85. The van der Waals surface area contributed by atoms with Crippen molar-refractivity contribution in [2.75, 3.05) is 13.6 Å². The molecule has 102 valence electrons. The first kappa shape index (κ1) is 15.6. The largest absolute Gasteiger partial charge is 0.427 e. The van der Waals surface area contributed by atoms with Crippen molar-refractivity contribution < 1.29 is 9.53 Å². The van der Waals surface area contributed by atoms with E-state index in [2.05, 4.69) is 10.8 Å². The van der Waals surface area contributed by atoms with Crippen LogP contribution in [0.25, 0.3) is 0 Å². The highest BCUT2D eigenvalue weighted by atomic mass is 35.5. The zero-order valence-electron chi connectivity index (χ0n) is 11.2. The van der Waals surface area contributed by atoms with Crippen LogP contribution in [-0.2, 0) is 11.2 Å². The molecule has 0 amide bonds. The fraction of sp³-hybridized carbons (Fsp3) is 0.400. The topological polar surface area (TPSA) is 29.5 Å². The van der Waals surface area contributed by atoms with Crippen molar-refractivity contribution in [3.8, 4) is 18.1 Å².